The van der Waals surface area contributed by atoms with Crippen molar-refractivity contribution in [1.29, 1.82) is 0 Å². The van der Waals surface area contributed by atoms with Crippen LogP contribution in [0.1, 0.15) is 21.6 Å². The molecule has 0 fully saturated rings. The molecule has 98 valence electrons. The number of nitrogens with zero attached hydrogens (tertiary/aromatic N) is 2. The molecule has 0 unspecified atom stereocenters. The molecule has 1 heterocycles. The van der Waals surface area contributed by atoms with E-state index in [-0.39, 0.29) is 5.56 Å². The van der Waals surface area contributed by atoms with Gasteiger partial charge in [-0.2, -0.15) is 0 Å². The number of hydrogen-bond acceptors (Lipinski definition) is 4. The molecule has 1 aromatic carbocycles. The van der Waals surface area contributed by atoms with Gasteiger partial charge in [0, 0.05) is 16.4 Å². The van der Waals surface area contributed by atoms with Gasteiger partial charge in [-0.15, -0.1) is 0 Å². The highest BCUT2D eigenvalue weighted by Crippen LogP contribution is 2.22. The van der Waals surface area contributed by atoms with Gasteiger partial charge in [-0.1, -0.05) is 22.0 Å². The van der Waals surface area contributed by atoms with Gasteiger partial charge >= 0.3 is 5.97 Å². The molecule has 19 heavy (non-hydrogen) atoms. The Labute approximate surface area is 118 Å². The van der Waals surface area contributed by atoms with E-state index in [9.17, 15) is 4.79 Å². The Hall–Kier alpha value is -1.95. The summed E-state index contributed by atoms with van der Waals surface area (Å²) >= 11 is 3.45. The fraction of sp³-hybridized carbons (Fsp3) is 0.154. The van der Waals surface area contributed by atoms with Gasteiger partial charge < -0.3 is 10.4 Å². The highest BCUT2D eigenvalue weighted by atomic mass is 79.9. The molecule has 0 bridgehead atoms. The SMILES string of the molecule is Cc1ccc(Nc2ncc(C(=O)O)c(C)n2)cc1Br. The summed E-state index contributed by atoms with van der Waals surface area (Å²) < 4.78 is 0.983. The molecule has 2 N–H and O–H groups in total. The van der Waals surface area contributed by atoms with Gasteiger partial charge in [0.15, 0.2) is 0 Å². The van der Waals surface area contributed by atoms with E-state index < -0.39 is 5.97 Å². The first-order valence-electron chi connectivity index (χ1n) is 5.57. The van der Waals surface area contributed by atoms with Crippen LogP contribution in [0.4, 0.5) is 11.6 Å². The first kappa shape index (κ1) is 13.5. The third-order valence-corrected chi connectivity index (χ3v) is 3.49. The van der Waals surface area contributed by atoms with E-state index in [0.29, 0.717) is 11.6 Å². The van der Waals surface area contributed by atoms with E-state index in [1.165, 1.54) is 6.20 Å². The zero-order valence-corrected chi connectivity index (χ0v) is 12.0. The molecule has 0 amide bonds. The fourth-order valence-electron chi connectivity index (χ4n) is 1.54. The van der Waals surface area contributed by atoms with Gasteiger partial charge in [0.25, 0.3) is 0 Å². The lowest BCUT2D eigenvalue weighted by Crippen LogP contribution is -2.06. The van der Waals surface area contributed by atoms with Crippen LogP contribution in [0.15, 0.2) is 28.9 Å². The first-order chi connectivity index (χ1) is 8.97. The third-order valence-electron chi connectivity index (χ3n) is 2.64. The lowest BCUT2D eigenvalue weighted by Gasteiger charge is -2.08. The highest BCUT2D eigenvalue weighted by molar-refractivity contribution is 9.10. The second-order valence-corrected chi connectivity index (χ2v) is 4.94. The Kier molecular flexibility index (Phi) is 3.80. The molecule has 0 radical (unpaired) electrons. The molecule has 0 aliphatic rings. The minimum atomic E-state index is -1.03. The van der Waals surface area contributed by atoms with Crippen molar-refractivity contribution in [3.05, 3.63) is 45.7 Å². The number of halogens is 1. The monoisotopic (exact) mass is 321 g/mol. The van der Waals surface area contributed by atoms with E-state index in [1.54, 1.807) is 6.92 Å². The summed E-state index contributed by atoms with van der Waals surface area (Å²) in [6, 6.07) is 5.79. The average Bonchev–Trinajstić information content (AvgIpc) is 2.33. The van der Waals surface area contributed by atoms with Crippen LogP contribution in [-0.4, -0.2) is 21.0 Å². The van der Waals surface area contributed by atoms with Crippen molar-refractivity contribution >= 4 is 33.5 Å². The van der Waals surface area contributed by atoms with Crippen LogP contribution < -0.4 is 5.32 Å². The maximum atomic E-state index is 10.9. The predicted octanol–water partition coefficient (Wildman–Crippen LogP) is 3.30. The summed E-state index contributed by atoms with van der Waals surface area (Å²) in [6.45, 7) is 3.64. The summed E-state index contributed by atoms with van der Waals surface area (Å²) in [6.07, 6.45) is 1.30. The number of anilines is 2. The standard InChI is InChI=1S/C13H12BrN3O2/c1-7-3-4-9(5-11(7)14)17-13-15-6-10(12(18)19)8(2)16-13/h3-6H,1-2H3,(H,18,19)(H,15,16,17). The molecule has 0 atom stereocenters. The van der Waals surface area contributed by atoms with Gasteiger partial charge in [-0.05, 0) is 31.5 Å². The van der Waals surface area contributed by atoms with E-state index in [4.69, 9.17) is 5.11 Å². The fourth-order valence-corrected chi connectivity index (χ4v) is 1.92. The summed E-state index contributed by atoms with van der Waals surface area (Å²) in [5.41, 5.74) is 2.50. The summed E-state index contributed by atoms with van der Waals surface area (Å²) in [7, 11) is 0. The number of nitrogens with one attached hydrogen (secondary N) is 1. The van der Waals surface area contributed by atoms with Gasteiger partial charge in [-0.25, -0.2) is 14.8 Å². The van der Waals surface area contributed by atoms with Crippen molar-refractivity contribution < 1.29 is 9.90 Å². The van der Waals surface area contributed by atoms with Crippen LogP contribution in [0.3, 0.4) is 0 Å². The first-order valence-corrected chi connectivity index (χ1v) is 6.37. The van der Waals surface area contributed by atoms with Crippen LogP contribution in [0.5, 0.6) is 0 Å². The molecule has 0 saturated carbocycles. The molecule has 2 rings (SSSR count). The molecule has 1 aromatic heterocycles. The number of benzene rings is 1. The van der Waals surface area contributed by atoms with E-state index >= 15 is 0 Å². The quantitative estimate of drug-likeness (QED) is 0.907. The molecule has 2 aromatic rings. The molecular formula is C13H12BrN3O2. The van der Waals surface area contributed by atoms with E-state index in [2.05, 4.69) is 31.2 Å². The number of carboxylic acids is 1. The average molecular weight is 322 g/mol. The molecule has 0 saturated heterocycles. The maximum absolute atomic E-state index is 10.9. The predicted molar refractivity (Wildman–Crippen MR) is 75.9 cm³/mol. The van der Waals surface area contributed by atoms with E-state index in [1.807, 2.05) is 25.1 Å². The van der Waals surface area contributed by atoms with Crippen LogP contribution in [0, 0.1) is 13.8 Å². The normalized spacial score (nSPS) is 10.3. The van der Waals surface area contributed by atoms with Gasteiger partial charge in [0.05, 0.1) is 11.3 Å². The Balaban J connectivity index is 2.26. The Morgan fingerprint density at radius 2 is 2.11 bits per heavy atom. The number of carboxylic acid groups (broad SMARTS) is 1. The smallest absolute Gasteiger partial charge is 0.339 e. The maximum Gasteiger partial charge on any atom is 0.339 e. The molecule has 0 aliphatic heterocycles. The molecule has 5 nitrogen and oxygen atoms in total. The molecule has 6 heteroatoms. The van der Waals surface area contributed by atoms with Crippen molar-refractivity contribution in [1.82, 2.24) is 9.97 Å². The van der Waals surface area contributed by atoms with Gasteiger partial charge in [0.1, 0.15) is 0 Å². The number of aromatic carboxylic acids is 1. The highest BCUT2D eigenvalue weighted by Gasteiger charge is 2.10. The number of hydrogen-bond donors (Lipinski definition) is 2. The van der Waals surface area contributed by atoms with Gasteiger partial charge in [0.2, 0.25) is 5.95 Å². The number of aryl methyl sites for hydroxylation is 2. The van der Waals surface area contributed by atoms with Crippen molar-refractivity contribution in [2.45, 2.75) is 13.8 Å². The second kappa shape index (κ2) is 5.36. The Morgan fingerprint density at radius 3 is 2.68 bits per heavy atom. The van der Waals surface area contributed by atoms with Crippen LogP contribution in [0.25, 0.3) is 0 Å². The zero-order chi connectivity index (χ0) is 14.0. The summed E-state index contributed by atoms with van der Waals surface area (Å²) in [4.78, 5) is 19.0. The van der Waals surface area contributed by atoms with Crippen molar-refractivity contribution in [3.8, 4) is 0 Å². The molecule has 0 spiro atoms. The zero-order valence-electron chi connectivity index (χ0n) is 10.4. The number of aromatic nitrogens is 2. The summed E-state index contributed by atoms with van der Waals surface area (Å²) in [5.74, 6) is -0.652. The van der Waals surface area contributed by atoms with Crippen LogP contribution in [-0.2, 0) is 0 Å². The van der Waals surface area contributed by atoms with Crippen molar-refractivity contribution in [2.24, 2.45) is 0 Å². The lowest BCUT2D eigenvalue weighted by atomic mass is 10.2. The second-order valence-electron chi connectivity index (χ2n) is 4.09. The minimum absolute atomic E-state index is 0.107. The number of carbonyl (C=O) groups is 1. The van der Waals surface area contributed by atoms with Crippen molar-refractivity contribution in [2.75, 3.05) is 5.32 Å². The topological polar surface area (TPSA) is 75.1 Å². The minimum Gasteiger partial charge on any atom is -0.478 e. The Bertz CT molecular complexity index is 644. The van der Waals surface area contributed by atoms with Crippen LogP contribution in [0.2, 0.25) is 0 Å². The largest absolute Gasteiger partial charge is 0.478 e. The van der Waals surface area contributed by atoms with E-state index in [0.717, 1.165) is 15.7 Å². The van der Waals surface area contributed by atoms with Crippen LogP contribution >= 0.6 is 15.9 Å². The Morgan fingerprint density at radius 1 is 1.37 bits per heavy atom. The van der Waals surface area contributed by atoms with Crippen molar-refractivity contribution in [3.63, 3.8) is 0 Å². The number of rotatable bonds is 3. The molecular weight excluding hydrogens is 310 g/mol. The lowest BCUT2D eigenvalue weighted by molar-refractivity contribution is 0.0695. The third kappa shape index (κ3) is 3.08. The molecule has 0 aliphatic carbocycles. The summed E-state index contributed by atoms with van der Waals surface area (Å²) in [5, 5.41) is 11.9. The van der Waals surface area contributed by atoms with Gasteiger partial charge in [-0.3, -0.25) is 0 Å².